The zero-order chi connectivity index (χ0) is 17.6. The van der Waals surface area contributed by atoms with Gasteiger partial charge in [-0.2, -0.15) is 0 Å². The summed E-state index contributed by atoms with van der Waals surface area (Å²) >= 11 is 5.92. The summed E-state index contributed by atoms with van der Waals surface area (Å²) in [7, 11) is 0. The van der Waals surface area contributed by atoms with Gasteiger partial charge in [-0.1, -0.05) is 22.8 Å². The van der Waals surface area contributed by atoms with E-state index in [1.165, 1.54) is 6.20 Å². The molecule has 0 spiro atoms. The van der Waals surface area contributed by atoms with Gasteiger partial charge < -0.3 is 0 Å². The van der Waals surface area contributed by atoms with Crippen LogP contribution in [0.1, 0.15) is 21.7 Å². The van der Waals surface area contributed by atoms with Gasteiger partial charge in [0.1, 0.15) is 5.69 Å². The lowest BCUT2D eigenvalue weighted by Crippen LogP contribution is -2.22. The highest BCUT2D eigenvalue weighted by atomic mass is 35.5. The number of aliphatic imine (C=N–C) groups is 1. The first kappa shape index (κ1) is 16.7. The van der Waals surface area contributed by atoms with Crippen molar-refractivity contribution in [2.75, 3.05) is 0 Å². The minimum atomic E-state index is -0.218. The number of halogens is 1. The maximum atomic E-state index is 12.3. The van der Waals surface area contributed by atoms with Gasteiger partial charge in [0.05, 0.1) is 12.1 Å². The molecule has 0 unspecified atom stereocenters. The van der Waals surface area contributed by atoms with Gasteiger partial charge in [0.15, 0.2) is 17.3 Å². The second-order valence-electron chi connectivity index (χ2n) is 4.95. The molecule has 126 valence electrons. The van der Waals surface area contributed by atoms with E-state index in [1.807, 2.05) is 5.48 Å². The quantitative estimate of drug-likeness (QED) is 0.312. The normalized spacial score (nSPS) is 11.4. The van der Waals surface area contributed by atoms with E-state index in [1.54, 1.807) is 42.6 Å². The molecule has 9 heteroatoms. The first-order chi connectivity index (χ1) is 12.2. The lowest BCUT2D eigenvalue weighted by atomic mass is 10.1. The number of nitrogens with one attached hydrogen (secondary N) is 1. The predicted molar refractivity (Wildman–Crippen MR) is 89.1 cm³/mol. The Bertz CT molecular complexity index is 911. The number of hydrogen-bond donors (Lipinski definition) is 2. The molecule has 0 bridgehead atoms. The van der Waals surface area contributed by atoms with Gasteiger partial charge >= 0.3 is 0 Å². The lowest BCUT2D eigenvalue weighted by molar-refractivity contribution is 0.0990. The van der Waals surface area contributed by atoms with Gasteiger partial charge in [-0.05, 0) is 35.5 Å². The number of carbonyl (C=O) groups excluding carboxylic acids is 1. The Morgan fingerprint density at radius 2 is 2.16 bits per heavy atom. The van der Waals surface area contributed by atoms with Crippen molar-refractivity contribution in [2.45, 2.75) is 6.42 Å². The molecule has 25 heavy (non-hydrogen) atoms. The first-order valence-corrected chi connectivity index (χ1v) is 7.54. The Hall–Kier alpha value is -3.10. The van der Waals surface area contributed by atoms with Gasteiger partial charge in [-0.15, -0.1) is 0 Å². The van der Waals surface area contributed by atoms with Crippen molar-refractivity contribution in [1.29, 1.82) is 0 Å². The molecule has 1 aromatic carbocycles. The Morgan fingerprint density at radius 3 is 2.88 bits per heavy atom. The summed E-state index contributed by atoms with van der Waals surface area (Å²) in [6.07, 6.45) is 2.95. The zero-order valence-corrected chi connectivity index (χ0v) is 13.5. The molecule has 2 aromatic heterocycles. The Balaban J connectivity index is 1.88. The van der Waals surface area contributed by atoms with Crippen LogP contribution in [0.25, 0.3) is 0 Å². The lowest BCUT2D eigenvalue weighted by Gasteiger charge is -2.03. The van der Waals surface area contributed by atoms with Crippen LogP contribution >= 0.6 is 11.6 Å². The van der Waals surface area contributed by atoms with Crippen LogP contribution in [0.2, 0.25) is 5.02 Å². The molecule has 2 heterocycles. The smallest absolute Gasteiger partial charge is 0.182 e. The molecular formula is C16H12ClN5O3. The molecule has 0 saturated heterocycles. The van der Waals surface area contributed by atoms with Crippen LogP contribution in [-0.4, -0.2) is 32.1 Å². The molecule has 0 atom stereocenters. The molecule has 2 N–H and O–H groups in total. The number of amidine groups is 1. The predicted octanol–water partition coefficient (Wildman–Crippen LogP) is 2.60. The molecule has 0 fully saturated rings. The standard InChI is InChI=1S/C16H12ClN5O3/c17-11-4-1-5-12(7-11)19-16(20-24)15-13(21-25-22-15)8-14(23)10-3-2-6-18-9-10/h1-7,9,24H,8H2,(H,19,20). The highest BCUT2D eigenvalue weighted by molar-refractivity contribution is 6.30. The number of pyridine rings is 1. The molecule has 0 radical (unpaired) electrons. The number of rotatable bonds is 5. The summed E-state index contributed by atoms with van der Waals surface area (Å²) in [5.74, 6) is -0.234. The van der Waals surface area contributed by atoms with E-state index in [4.69, 9.17) is 16.2 Å². The number of carbonyl (C=O) groups is 1. The first-order valence-electron chi connectivity index (χ1n) is 7.17. The van der Waals surface area contributed by atoms with Crippen molar-refractivity contribution in [2.24, 2.45) is 4.99 Å². The Kier molecular flexibility index (Phi) is 5.12. The van der Waals surface area contributed by atoms with Crippen LogP contribution in [-0.2, 0) is 6.42 Å². The summed E-state index contributed by atoms with van der Waals surface area (Å²) in [4.78, 5) is 20.4. The van der Waals surface area contributed by atoms with Crippen LogP contribution in [0.5, 0.6) is 0 Å². The van der Waals surface area contributed by atoms with Crippen LogP contribution in [0.15, 0.2) is 58.4 Å². The fourth-order valence-electron chi connectivity index (χ4n) is 2.09. The highest BCUT2D eigenvalue weighted by Gasteiger charge is 2.20. The molecule has 0 aliphatic rings. The third-order valence-corrected chi connectivity index (χ3v) is 3.48. The number of hydroxylamine groups is 1. The van der Waals surface area contributed by atoms with Gasteiger partial charge in [0.2, 0.25) is 0 Å². The molecule has 3 aromatic rings. The number of hydrogen-bond acceptors (Lipinski definition) is 7. The summed E-state index contributed by atoms with van der Waals surface area (Å²) in [6.45, 7) is 0. The second-order valence-corrected chi connectivity index (χ2v) is 5.39. The highest BCUT2D eigenvalue weighted by Crippen LogP contribution is 2.19. The van der Waals surface area contributed by atoms with E-state index >= 15 is 0 Å². The molecule has 0 aliphatic carbocycles. The second kappa shape index (κ2) is 7.65. The van der Waals surface area contributed by atoms with Gasteiger partial charge in [-0.3, -0.25) is 20.5 Å². The fourth-order valence-corrected chi connectivity index (χ4v) is 2.27. The average molecular weight is 358 g/mol. The average Bonchev–Trinajstić information content (AvgIpc) is 3.08. The number of nitrogens with zero attached hydrogens (tertiary/aromatic N) is 4. The van der Waals surface area contributed by atoms with Gasteiger partial charge in [0, 0.05) is 23.0 Å². The molecule has 0 saturated carbocycles. The van der Waals surface area contributed by atoms with Crippen LogP contribution in [0.3, 0.4) is 0 Å². The van der Waals surface area contributed by atoms with Crippen molar-refractivity contribution in [3.63, 3.8) is 0 Å². The monoisotopic (exact) mass is 357 g/mol. The molecule has 0 aliphatic heterocycles. The van der Waals surface area contributed by atoms with E-state index in [-0.39, 0.29) is 29.4 Å². The molecular weight excluding hydrogens is 346 g/mol. The summed E-state index contributed by atoms with van der Waals surface area (Å²) in [6, 6.07) is 10.0. The van der Waals surface area contributed by atoms with E-state index in [0.29, 0.717) is 16.3 Å². The minimum Gasteiger partial charge on any atom is -0.294 e. The number of aromatic nitrogens is 3. The largest absolute Gasteiger partial charge is 0.294 e. The maximum Gasteiger partial charge on any atom is 0.182 e. The van der Waals surface area contributed by atoms with Crippen molar-refractivity contribution in [1.82, 2.24) is 20.8 Å². The maximum absolute atomic E-state index is 12.3. The van der Waals surface area contributed by atoms with E-state index < -0.39 is 0 Å². The summed E-state index contributed by atoms with van der Waals surface area (Å²) in [5, 5.41) is 17.3. The Labute approximate surface area is 147 Å². The van der Waals surface area contributed by atoms with Crippen LogP contribution in [0, 0.1) is 0 Å². The van der Waals surface area contributed by atoms with E-state index in [9.17, 15) is 10.0 Å². The summed E-state index contributed by atoms with van der Waals surface area (Å²) < 4.78 is 4.70. The van der Waals surface area contributed by atoms with E-state index in [0.717, 1.165) is 0 Å². The van der Waals surface area contributed by atoms with Crippen molar-refractivity contribution in [3.05, 3.63) is 70.8 Å². The van der Waals surface area contributed by atoms with Crippen molar-refractivity contribution in [3.8, 4) is 0 Å². The third-order valence-electron chi connectivity index (χ3n) is 3.25. The summed E-state index contributed by atoms with van der Waals surface area (Å²) in [5.41, 5.74) is 3.22. The Morgan fingerprint density at radius 1 is 1.28 bits per heavy atom. The van der Waals surface area contributed by atoms with Crippen LogP contribution in [0.4, 0.5) is 5.69 Å². The minimum absolute atomic E-state index is 0.0162. The number of benzene rings is 1. The fraction of sp³-hybridized carbons (Fsp3) is 0.0625. The van der Waals surface area contributed by atoms with Crippen molar-refractivity contribution >= 4 is 28.9 Å². The van der Waals surface area contributed by atoms with Gasteiger partial charge in [0.25, 0.3) is 0 Å². The van der Waals surface area contributed by atoms with Gasteiger partial charge in [-0.25, -0.2) is 9.62 Å². The topological polar surface area (TPSA) is 114 Å². The molecule has 3 rings (SSSR count). The number of ketones is 1. The molecule has 0 amide bonds. The third kappa shape index (κ3) is 4.06. The zero-order valence-electron chi connectivity index (χ0n) is 12.8. The van der Waals surface area contributed by atoms with E-state index in [2.05, 4.69) is 20.3 Å². The van der Waals surface area contributed by atoms with Crippen molar-refractivity contribution < 1.29 is 14.6 Å². The number of Topliss-reactive ketones (excluding diaryl/α,β-unsaturated/α-hetero) is 1. The molecule has 8 nitrogen and oxygen atoms in total. The SMILES string of the molecule is O=C(Cc1nonc1C(=Nc1cccc(Cl)c1)NO)c1cccnc1. The van der Waals surface area contributed by atoms with Crippen LogP contribution < -0.4 is 5.48 Å².